The number of aliphatic hydroxyl groups excluding tert-OH is 3. The minimum atomic E-state index is -5.64. The number of aliphatic hydroxyl groups is 3. The number of aryl methyl sites for hydroxylation is 1. The Labute approximate surface area is 466 Å². The van der Waals surface area contributed by atoms with Crippen LogP contribution in [0.1, 0.15) is 43.6 Å². The maximum atomic E-state index is 13.7. The van der Waals surface area contributed by atoms with E-state index >= 15 is 0 Å². The molecule has 9 rings (SSSR count). The second-order valence-electron chi connectivity index (χ2n) is 19.6. The van der Waals surface area contributed by atoms with Crippen LogP contribution in [0.2, 0.25) is 0 Å². The molecule has 0 aliphatic carbocycles. The van der Waals surface area contributed by atoms with Crippen LogP contribution in [-0.4, -0.2) is 193 Å². The summed E-state index contributed by atoms with van der Waals surface area (Å²) in [5.41, 5.74) is 16.4. The number of fused-ring (bicyclic) bond motifs is 3. The third kappa shape index (κ3) is 13.3. The summed E-state index contributed by atoms with van der Waals surface area (Å²) in [5, 5.41) is 33.4. The summed E-state index contributed by atoms with van der Waals surface area (Å²) < 4.78 is 108. The number of nitrogens with two attached hydrogens (primary N) is 3. The summed E-state index contributed by atoms with van der Waals surface area (Å²) in [4.78, 5) is 111. The van der Waals surface area contributed by atoms with E-state index < -0.39 is 160 Å². The molecule has 5 aromatic rings. The van der Waals surface area contributed by atoms with Crippen molar-refractivity contribution in [1.29, 1.82) is 0 Å². The van der Waals surface area contributed by atoms with Crippen molar-refractivity contribution in [2.24, 2.45) is 23.7 Å². The number of nitrogens with zero attached hydrogens (tertiary/aromatic N) is 10. The predicted octanol–water partition coefficient (Wildman–Crippen LogP) is -3.19. The highest BCUT2D eigenvalue weighted by Crippen LogP contribution is 2.62. The molecular formula is C41H59N15O23P4. The molecule has 3 fully saturated rings. The van der Waals surface area contributed by atoms with Gasteiger partial charge in [0, 0.05) is 39.8 Å². The van der Waals surface area contributed by atoms with Gasteiger partial charge in [-0.2, -0.15) is 14.5 Å². The van der Waals surface area contributed by atoms with Crippen molar-refractivity contribution >= 4 is 88.7 Å². The van der Waals surface area contributed by atoms with Crippen LogP contribution in [0.25, 0.3) is 28.0 Å². The van der Waals surface area contributed by atoms with E-state index in [1.807, 2.05) is 0 Å². The van der Waals surface area contributed by atoms with Gasteiger partial charge >= 0.3 is 28.6 Å². The first kappa shape index (κ1) is 62.0. The van der Waals surface area contributed by atoms with Crippen LogP contribution in [0.3, 0.4) is 0 Å². The lowest BCUT2D eigenvalue weighted by atomic mass is 9.94. The van der Waals surface area contributed by atoms with Crippen molar-refractivity contribution in [2.75, 3.05) is 64.8 Å². The molecule has 5 aromatic heterocycles. The number of hydrogen-bond acceptors (Lipinski definition) is 28. The number of aliphatic imine (C=N–C) groups is 1. The fraction of sp³-hybridized carbons (Fsp3) is 0.585. The molecular weight excluding hydrogens is 1190 g/mol. The number of anilines is 2. The zero-order chi connectivity index (χ0) is 60.2. The minimum absolute atomic E-state index is 0.0200. The van der Waals surface area contributed by atoms with Gasteiger partial charge in [-0.1, -0.05) is 6.08 Å². The van der Waals surface area contributed by atoms with Crippen LogP contribution in [0.15, 0.2) is 39.6 Å². The molecule has 16 atom stereocenters. The smallest absolute Gasteiger partial charge is 0.479 e. The Hall–Kier alpha value is -5.53. The number of phosphoric acid groups is 2. The number of ether oxygens (including phenoxy) is 4. The zero-order valence-electron chi connectivity index (χ0n) is 44.1. The Bertz CT molecular complexity index is 3650. The molecule has 1 amide bonds. The van der Waals surface area contributed by atoms with Gasteiger partial charge in [0.2, 0.25) is 30.4 Å². The summed E-state index contributed by atoms with van der Waals surface area (Å²) in [6, 6.07) is 0. The number of aromatic amines is 2. The Morgan fingerprint density at radius 3 is 2.13 bits per heavy atom. The van der Waals surface area contributed by atoms with Gasteiger partial charge in [0.15, 0.2) is 29.4 Å². The van der Waals surface area contributed by atoms with Crippen LogP contribution >= 0.6 is 30.8 Å². The molecule has 38 nitrogen and oxygen atoms in total. The lowest BCUT2D eigenvalue weighted by Gasteiger charge is -2.31. The molecule has 0 bridgehead atoms. The average molecular weight is 1250 g/mol. The van der Waals surface area contributed by atoms with Crippen LogP contribution in [0, 0.1) is 5.92 Å². The topological polar surface area (TPSA) is 542 Å². The molecule has 0 spiro atoms. The van der Waals surface area contributed by atoms with Crippen LogP contribution in [-0.2, 0) is 71.5 Å². The lowest BCUT2D eigenvalue weighted by Crippen LogP contribution is -2.39. The predicted molar refractivity (Wildman–Crippen MR) is 278 cm³/mol. The van der Waals surface area contributed by atoms with E-state index in [0.29, 0.717) is 12.8 Å². The van der Waals surface area contributed by atoms with Crippen molar-refractivity contribution in [2.45, 2.75) is 86.8 Å². The molecule has 83 heavy (non-hydrogen) atoms. The van der Waals surface area contributed by atoms with E-state index in [0.717, 1.165) is 18.0 Å². The number of nitrogens with one attached hydrogen (secondary N) is 2. The number of imidazole rings is 3. The van der Waals surface area contributed by atoms with Crippen molar-refractivity contribution < 1.29 is 104 Å². The fourth-order valence-corrected chi connectivity index (χ4v) is 15.2. The molecule has 0 radical (unpaired) electrons. The largest absolute Gasteiger partial charge is 0.756 e. The summed E-state index contributed by atoms with van der Waals surface area (Å²) >= 11 is 0. The molecule has 42 heteroatoms. The quantitative estimate of drug-likeness (QED) is 0.0240. The van der Waals surface area contributed by atoms with Crippen molar-refractivity contribution in [3.05, 3.63) is 51.5 Å². The number of aromatic nitrogens is 10. The Morgan fingerprint density at radius 2 is 1.42 bits per heavy atom. The van der Waals surface area contributed by atoms with E-state index in [-0.39, 0.29) is 51.4 Å². The van der Waals surface area contributed by atoms with Crippen LogP contribution < -0.4 is 37.8 Å². The SMILES string of the molecule is CO[C@@H]1[C@H](OP(=O)([O-])OC[C@H]2O[C@@H](n3cnc4c(=O)[nH]c(N)nc43)[C@H](O)[C@@H]2O)C(COP(=O)(O)CCP(=O)(O)OP(=O)(O)OC[C@H]2O[C@@H](n3c[n+](C)c4c(=O)[nH]c(N)nc43)[C@H](O)[C@@H]2CC(=O)N(C)C)O[C@H]1n1cnc2c1/N=C\CC/C=C\2N. The molecule has 3 saturated heterocycles. The van der Waals surface area contributed by atoms with E-state index in [4.69, 9.17) is 54.2 Å². The van der Waals surface area contributed by atoms with Crippen molar-refractivity contribution in [3.8, 4) is 0 Å². The van der Waals surface area contributed by atoms with Gasteiger partial charge in [-0.15, -0.1) is 0 Å². The molecule has 14 N–H and O–H groups in total. The number of amides is 1. The van der Waals surface area contributed by atoms with Crippen LogP contribution in [0.5, 0.6) is 0 Å². The Balaban J connectivity index is 0.867. The number of hydrogen-bond donors (Lipinski definition) is 11. The standard InChI is InChI=1S/C41H59N15O23P4/c1-52(2)23(57)11-18-20(75-37(27(18)58)56-17-53(3)26-34(56)49-41(44)51-36(26)62)12-74-83(69,70)79-81(65,66)10-9-80(63,64)72-14-22-30(31(71-4)39(77-22)54-15-46-24-19(42)7-5-6-8-45-32(24)54)78-82(67,68)73-13-21-28(59)29(60)38(76-21)55-16-47-25-33(55)48-40(43)50-35(25)61/h7-8,15-18,20-22,27-31,37-39,58-60H,5-6,9-14,42H2,1-4H3,(H9-,43,44,48,49,50,51,61,62,63,64,65,66,67,68,69,70)/b19-7+,45-8-/t18-,20-,21-,22?,27-,28-,29-,30-,31-,37-,38-,39-/m1/s1. The summed E-state index contributed by atoms with van der Waals surface area (Å²) in [6.45, 7) is -2.98. The molecule has 456 valence electrons. The highest BCUT2D eigenvalue weighted by atomic mass is 31.3. The van der Waals surface area contributed by atoms with E-state index in [2.05, 4.69) is 39.2 Å². The Kier molecular flexibility index (Phi) is 18.0. The molecule has 4 aliphatic heterocycles. The second kappa shape index (κ2) is 24.1. The molecule has 9 heterocycles. The average Bonchev–Trinajstić information content (AvgIpc) is 2.31. The molecule has 0 aromatic carbocycles. The lowest BCUT2D eigenvalue weighted by molar-refractivity contribution is -0.646. The number of rotatable bonds is 22. The monoisotopic (exact) mass is 1250 g/mol. The number of nitrogen functional groups attached to an aromatic ring is 2. The van der Waals surface area contributed by atoms with E-state index in [1.165, 1.54) is 52.4 Å². The number of H-pyrrole nitrogens is 2. The molecule has 5 unspecified atom stereocenters. The minimum Gasteiger partial charge on any atom is -0.756 e. The van der Waals surface area contributed by atoms with Gasteiger partial charge in [0.05, 0.1) is 63.6 Å². The zero-order valence-corrected chi connectivity index (χ0v) is 47.7. The number of carbonyl (C=O) groups is 1. The number of phosphoric ester groups is 2. The highest BCUT2D eigenvalue weighted by molar-refractivity contribution is 7.64. The van der Waals surface area contributed by atoms with Gasteiger partial charge in [-0.05, 0) is 12.8 Å². The third-order valence-electron chi connectivity index (χ3n) is 13.7. The van der Waals surface area contributed by atoms with Crippen molar-refractivity contribution in [3.63, 3.8) is 0 Å². The van der Waals surface area contributed by atoms with Gasteiger partial charge in [0.25, 0.3) is 24.5 Å². The van der Waals surface area contributed by atoms with E-state index in [9.17, 15) is 67.5 Å². The number of allylic oxidation sites excluding steroid dienone is 1. The van der Waals surface area contributed by atoms with Gasteiger partial charge in [-0.25, -0.2) is 28.4 Å². The highest BCUT2D eigenvalue weighted by Gasteiger charge is 2.53. The van der Waals surface area contributed by atoms with Gasteiger partial charge in [0.1, 0.15) is 48.4 Å². The maximum absolute atomic E-state index is 13.7. The van der Waals surface area contributed by atoms with Gasteiger partial charge < -0.3 is 89.5 Å². The van der Waals surface area contributed by atoms with E-state index in [1.54, 1.807) is 12.3 Å². The summed E-state index contributed by atoms with van der Waals surface area (Å²) in [5.74, 6) is -2.15. The van der Waals surface area contributed by atoms with Crippen molar-refractivity contribution in [1.82, 2.24) is 48.5 Å². The first-order valence-corrected chi connectivity index (χ1v) is 31.3. The summed E-state index contributed by atoms with van der Waals surface area (Å²) in [6.07, 6.45) is -12.5. The van der Waals surface area contributed by atoms with Crippen LogP contribution in [0.4, 0.5) is 17.7 Å². The maximum Gasteiger partial charge on any atom is 0.479 e. The first-order valence-electron chi connectivity index (χ1n) is 24.9. The summed E-state index contributed by atoms with van der Waals surface area (Å²) in [7, 11) is -16.3. The molecule has 0 saturated carbocycles. The number of methoxy groups -OCH3 is 1. The van der Waals surface area contributed by atoms with Gasteiger partial charge in [-0.3, -0.25) is 51.7 Å². The normalized spacial score (nSPS) is 30.4. The number of carbonyl (C=O) groups excluding carboxylic acids is 1. The second-order valence-corrected chi connectivity index (χ2v) is 26.5. The third-order valence-corrected chi connectivity index (χ3v) is 19.5. The fourth-order valence-electron chi connectivity index (χ4n) is 9.62. The first-order chi connectivity index (χ1) is 39.0. The Morgan fingerprint density at radius 1 is 0.795 bits per heavy atom. The molecule has 4 aliphatic rings.